The summed E-state index contributed by atoms with van der Waals surface area (Å²) in [7, 11) is 0. The van der Waals surface area contributed by atoms with Crippen molar-refractivity contribution in [2.45, 2.75) is 19.1 Å². The molecule has 31 heavy (non-hydrogen) atoms. The van der Waals surface area contributed by atoms with Crippen LogP contribution in [0.4, 0.5) is 8.78 Å². The Morgan fingerprint density at radius 1 is 1.06 bits per heavy atom. The average molecular weight is 428 g/mol. The predicted molar refractivity (Wildman–Crippen MR) is 108 cm³/mol. The Morgan fingerprint density at radius 3 is 2.68 bits per heavy atom. The van der Waals surface area contributed by atoms with Gasteiger partial charge in [0.05, 0.1) is 6.54 Å². The molecule has 0 aliphatic carbocycles. The third-order valence-corrected chi connectivity index (χ3v) is 5.26. The van der Waals surface area contributed by atoms with Crippen molar-refractivity contribution in [3.8, 4) is 11.5 Å². The molecule has 0 bridgehead atoms. The first kappa shape index (κ1) is 21.1. The van der Waals surface area contributed by atoms with Crippen LogP contribution in [0.15, 0.2) is 53.1 Å². The number of rotatable bonds is 5. The zero-order valence-electron chi connectivity index (χ0n) is 16.7. The third-order valence-electron chi connectivity index (χ3n) is 5.26. The fourth-order valence-electron chi connectivity index (χ4n) is 3.60. The molecule has 0 spiro atoms. The smallest absolute Gasteiger partial charge is 0.257 e. The lowest BCUT2D eigenvalue weighted by molar-refractivity contribution is -0.140. The summed E-state index contributed by atoms with van der Waals surface area (Å²) in [6.45, 7) is 2.43. The highest BCUT2D eigenvalue weighted by Crippen LogP contribution is 2.22. The summed E-state index contributed by atoms with van der Waals surface area (Å²) in [5.41, 5.74) is 0.485. The van der Waals surface area contributed by atoms with Crippen LogP contribution >= 0.6 is 0 Å². The molecule has 2 aromatic carbocycles. The van der Waals surface area contributed by atoms with Gasteiger partial charge in [-0.15, -0.1) is 0 Å². The molecular formula is C22H22F2N4O3. The highest BCUT2D eigenvalue weighted by atomic mass is 19.2. The van der Waals surface area contributed by atoms with Gasteiger partial charge in [0.1, 0.15) is 0 Å². The fourth-order valence-corrected chi connectivity index (χ4v) is 3.60. The molecule has 1 saturated heterocycles. The van der Waals surface area contributed by atoms with E-state index in [9.17, 15) is 18.7 Å². The topological polar surface area (TPSA) is 82.7 Å². The molecule has 4 rings (SSSR count). The van der Waals surface area contributed by atoms with Crippen LogP contribution in [0.2, 0.25) is 0 Å². The molecule has 0 radical (unpaired) electrons. The Balaban J connectivity index is 1.37. The van der Waals surface area contributed by atoms with E-state index in [1.54, 1.807) is 0 Å². The maximum Gasteiger partial charge on any atom is 0.257 e. The van der Waals surface area contributed by atoms with E-state index in [2.05, 4.69) is 15.0 Å². The van der Waals surface area contributed by atoms with E-state index in [1.807, 2.05) is 30.3 Å². The number of benzene rings is 2. The maximum atomic E-state index is 14.0. The molecule has 162 valence electrons. The van der Waals surface area contributed by atoms with Crippen molar-refractivity contribution in [1.82, 2.24) is 19.9 Å². The van der Waals surface area contributed by atoms with E-state index in [1.165, 1.54) is 17.0 Å². The Kier molecular flexibility index (Phi) is 6.34. The van der Waals surface area contributed by atoms with Crippen LogP contribution in [0, 0.1) is 11.6 Å². The molecule has 7 nitrogen and oxygen atoms in total. The number of amides is 1. The summed E-state index contributed by atoms with van der Waals surface area (Å²) in [5, 5.41) is 14.3. The number of halogens is 2. The van der Waals surface area contributed by atoms with Gasteiger partial charge in [0.2, 0.25) is 0 Å². The van der Waals surface area contributed by atoms with Crippen molar-refractivity contribution in [3.05, 3.63) is 71.6 Å². The lowest BCUT2D eigenvalue weighted by Crippen LogP contribution is -2.38. The van der Waals surface area contributed by atoms with Gasteiger partial charge >= 0.3 is 0 Å². The molecule has 1 atom stereocenters. The molecule has 1 aromatic heterocycles. The summed E-state index contributed by atoms with van der Waals surface area (Å²) in [6.07, 6.45) is -1.08. The second kappa shape index (κ2) is 9.32. The van der Waals surface area contributed by atoms with Crippen LogP contribution in [0.5, 0.6) is 0 Å². The summed E-state index contributed by atoms with van der Waals surface area (Å²) >= 11 is 0. The maximum absolute atomic E-state index is 14.0. The van der Waals surface area contributed by atoms with Crippen molar-refractivity contribution in [3.63, 3.8) is 0 Å². The predicted octanol–water partition coefficient (Wildman–Crippen LogP) is 2.78. The van der Waals surface area contributed by atoms with E-state index in [4.69, 9.17) is 4.52 Å². The van der Waals surface area contributed by atoms with Gasteiger partial charge in [-0.1, -0.05) is 35.5 Å². The normalized spacial score (nSPS) is 16.2. The standard InChI is InChI=1S/C22H22F2N4O3/c23-17-9-4-8-16(19(17)24)20(29)22(30)28-11-5-10-27(12-13-28)14-18-25-21(31-26-18)15-6-2-1-3-7-15/h1-4,6-9,20,29H,5,10-14H2. The average Bonchev–Trinajstić information content (AvgIpc) is 3.13. The molecule has 9 heteroatoms. The monoisotopic (exact) mass is 428 g/mol. The minimum absolute atomic E-state index is 0.343. The summed E-state index contributed by atoms with van der Waals surface area (Å²) in [6, 6.07) is 12.9. The number of nitrogens with zero attached hydrogens (tertiary/aromatic N) is 4. The zero-order valence-corrected chi connectivity index (χ0v) is 16.7. The van der Waals surface area contributed by atoms with Crippen molar-refractivity contribution in [2.75, 3.05) is 26.2 Å². The van der Waals surface area contributed by atoms with Crippen LogP contribution in [-0.4, -0.2) is 57.1 Å². The zero-order chi connectivity index (χ0) is 21.8. The van der Waals surface area contributed by atoms with Gasteiger partial charge in [-0.25, -0.2) is 8.78 Å². The third kappa shape index (κ3) is 4.78. The van der Waals surface area contributed by atoms with E-state index in [-0.39, 0.29) is 5.56 Å². The molecular weight excluding hydrogens is 406 g/mol. The van der Waals surface area contributed by atoms with E-state index in [0.29, 0.717) is 50.9 Å². The van der Waals surface area contributed by atoms with Gasteiger partial charge in [0, 0.05) is 37.3 Å². The number of carbonyl (C=O) groups excluding carboxylic acids is 1. The number of aromatic nitrogens is 2. The highest BCUT2D eigenvalue weighted by molar-refractivity contribution is 5.82. The number of hydrogen-bond donors (Lipinski definition) is 1. The number of aliphatic hydroxyl groups excluding tert-OH is 1. The van der Waals surface area contributed by atoms with E-state index >= 15 is 0 Å². The first-order valence-corrected chi connectivity index (χ1v) is 10.0. The first-order valence-electron chi connectivity index (χ1n) is 10.0. The van der Waals surface area contributed by atoms with Gasteiger partial charge in [0.25, 0.3) is 11.8 Å². The van der Waals surface area contributed by atoms with Gasteiger partial charge < -0.3 is 14.5 Å². The summed E-state index contributed by atoms with van der Waals surface area (Å²) in [5.74, 6) is -1.95. The summed E-state index contributed by atoms with van der Waals surface area (Å²) < 4.78 is 32.7. The van der Waals surface area contributed by atoms with Crippen LogP contribution in [0.3, 0.4) is 0 Å². The number of carbonyl (C=O) groups is 1. The lowest BCUT2D eigenvalue weighted by atomic mass is 10.1. The molecule has 1 N–H and O–H groups in total. The Bertz CT molecular complexity index is 1040. The van der Waals surface area contributed by atoms with Gasteiger partial charge in [-0.05, 0) is 24.6 Å². The quantitative estimate of drug-likeness (QED) is 0.673. The van der Waals surface area contributed by atoms with Crippen molar-refractivity contribution in [1.29, 1.82) is 0 Å². The molecule has 1 fully saturated rings. The second-order valence-corrected chi connectivity index (χ2v) is 7.38. The largest absolute Gasteiger partial charge is 0.378 e. The molecule has 0 saturated carbocycles. The number of hydrogen-bond acceptors (Lipinski definition) is 6. The van der Waals surface area contributed by atoms with Gasteiger partial charge in [0.15, 0.2) is 23.6 Å². The van der Waals surface area contributed by atoms with Crippen molar-refractivity contribution < 1.29 is 23.2 Å². The minimum Gasteiger partial charge on any atom is -0.378 e. The molecule has 1 amide bonds. The van der Waals surface area contributed by atoms with Crippen molar-refractivity contribution in [2.24, 2.45) is 0 Å². The van der Waals surface area contributed by atoms with E-state index < -0.39 is 23.6 Å². The Hall–Kier alpha value is -3.17. The SMILES string of the molecule is O=C(C(O)c1cccc(F)c1F)N1CCCN(Cc2noc(-c3ccccc3)n2)CC1. The Morgan fingerprint density at radius 2 is 1.87 bits per heavy atom. The van der Waals surface area contributed by atoms with Gasteiger partial charge in [-0.3, -0.25) is 9.69 Å². The van der Waals surface area contributed by atoms with Crippen LogP contribution in [0.25, 0.3) is 11.5 Å². The van der Waals surface area contributed by atoms with Gasteiger partial charge in [-0.2, -0.15) is 4.98 Å². The fraction of sp³-hybridized carbons (Fsp3) is 0.318. The lowest BCUT2D eigenvalue weighted by Gasteiger charge is -2.24. The molecule has 1 unspecified atom stereocenters. The van der Waals surface area contributed by atoms with E-state index in [0.717, 1.165) is 11.6 Å². The molecule has 1 aliphatic rings. The first-order chi connectivity index (χ1) is 15.0. The Labute approximate surface area is 177 Å². The van der Waals surface area contributed by atoms with Crippen molar-refractivity contribution >= 4 is 5.91 Å². The molecule has 3 aromatic rings. The van der Waals surface area contributed by atoms with Crippen LogP contribution < -0.4 is 0 Å². The minimum atomic E-state index is -1.74. The molecule has 2 heterocycles. The van der Waals surface area contributed by atoms with Crippen LogP contribution in [0.1, 0.15) is 23.9 Å². The van der Waals surface area contributed by atoms with Crippen LogP contribution in [-0.2, 0) is 11.3 Å². The molecule has 1 aliphatic heterocycles. The summed E-state index contributed by atoms with van der Waals surface area (Å²) in [4.78, 5) is 20.7. The number of aliphatic hydroxyl groups is 1. The second-order valence-electron chi connectivity index (χ2n) is 7.38. The highest BCUT2D eigenvalue weighted by Gasteiger charge is 2.29.